The van der Waals surface area contributed by atoms with Gasteiger partial charge in [0.25, 0.3) is 11.8 Å². The number of hydrazone groups is 1. The summed E-state index contributed by atoms with van der Waals surface area (Å²) in [6.07, 6.45) is 2.47. The van der Waals surface area contributed by atoms with Crippen LogP contribution in [0.3, 0.4) is 0 Å². The summed E-state index contributed by atoms with van der Waals surface area (Å²) in [5.74, 6) is -0.143. The molecule has 1 fully saturated rings. The molecule has 1 aliphatic rings. The number of sulfonamides is 1. The first kappa shape index (κ1) is 25.9. The highest BCUT2D eigenvalue weighted by molar-refractivity contribution is 14.1. The predicted octanol–water partition coefficient (Wildman–Crippen LogP) is 1.45. The number of benzene rings is 2. The Morgan fingerprint density at radius 2 is 1.79 bits per heavy atom. The minimum absolute atomic E-state index is 0.0547. The van der Waals surface area contributed by atoms with Gasteiger partial charge in [0.05, 0.1) is 31.4 Å². The third kappa shape index (κ3) is 7.95. The van der Waals surface area contributed by atoms with Gasteiger partial charge < -0.3 is 14.4 Å². The van der Waals surface area contributed by atoms with Crippen molar-refractivity contribution in [2.45, 2.75) is 0 Å². The minimum atomic E-state index is -3.66. The number of hydrogen-bond acceptors (Lipinski definition) is 7. The van der Waals surface area contributed by atoms with E-state index < -0.39 is 22.5 Å². The van der Waals surface area contributed by atoms with Crippen molar-refractivity contribution in [3.05, 3.63) is 57.7 Å². The summed E-state index contributed by atoms with van der Waals surface area (Å²) in [6, 6.07) is 13.6. The lowest BCUT2D eigenvalue weighted by molar-refractivity contribution is -0.137. The fourth-order valence-electron chi connectivity index (χ4n) is 3.05. The number of halogens is 1. The quantitative estimate of drug-likeness (QED) is 0.265. The summed E-state index contributed by atoms with van der Waals surface area (Å²) in [6.45, 7) is 1.75. The van der Waals surface area contributed by atoms with E-state index >= 15 is 0 Å². The number of anilines is 1. The van der Waals surface area contributed by atoms with Crippen molar-refractivity contribution >= 4 is 56.3 Å². The molecule has 2 aromatic carbocycles. The van der Waals surface area contributed by atoms with E-state index in [2.05, 4.69) is 33.1 Å². The second kappa shape index (κ2) is 12.1. The van der Waals surface area contributed by atoms with E-state index in [1.54, 1.807) is 53.4 Å². The van der Waals surface area contributed by atoms with Crippen molar-refractivity contribution < 1.29 is 27.5 Å². The minimum Gasteiger partial charge on any atom is -0.484 e. The molecule has 34 heavy (non-hydrogen) atoms. The van der Waals surface area contributed by atoms with E-state index in [1.807, 2.05) is 0 Å². The van der Waals surface area contributed by atoms with Crippen LogP contribution < -0.4 is 14.5 Å². The second-order valence-corrected chi connectivity index (χ2v) is 10.5. The zero-order chi connectivity index (χ0) is 24.6. The van der Waals surface area contributed by atoms with Crippen LogP contribution >= 0.6 is 22.6 Å². The standard InChI is InChI=1S/C22H25IN4O6S/c1-34(30,31)27(19-6-4-18(23)5-7-19)15-21(28)25-24-14-17-2-8-20(9-3-17)33-16-22(29)26-10-12-32-13-11-26/h2-9,14H,10-13,15-16H2,1H3,(H,25,28)/b24-14-. The number of ether oxygens (including phenoxy) is 2. The van der Waals surface area contributed by atoms with Crippen molar-refractivity contribution in [1.82, 2.24) is 10.3 Å². The van der Waals surface area contributed by atoms with Gasteiger partial charge in [-0.2, -0.15) is 5.10 Å². The number of carbonyl (C=O) groups excluding carboxylic acids is 2. The van der Waals surface area contributed by atoms with Gasteiger partial charge in [0.15, 0.2) is 6.61 Å². The molecule has 1 aliphatic heterocycles. The number of nitrogens with one attached hydrogen (secondary N) is 1. The molecule has 1 saturated heterocycles. The van der Waals surface area contributed by atoms with Crippen LogP contribution in [0.15, 0.2) is 53.6 Å². The molecule has 1 N–H and O–H groups in total. The molecule has 0 atom stereocenters. The van der Waals surface area contributed by atoms with Crippen LogP contribution in [0.25, 0.3) is 0 Å². The fraction of sp³-hybridized carbons (Fsp3) is 0.318. The Kier molecular flexibility index (Phi) is 9.24. The lowest BCUT2D eigenvalue weighted by Crippen LogP contribution is -2.42. The Bertz CT molecular complexity index is 1120. The van der Waals surface area contributed by atoms with Gasteiger partial charge in [-0.05, 0) is 76.7 Å². The van der Waals surface area contributed by atoms with Gasteiger partial charge >= 0.3 is 0 Å². The van der Waals surface area contributed by atoms with Crippen molar-refractivity contribution in [3.63, 3.8) is 0 Å². The molecule has 0 unspecified atom stereocenters. The molecule has 0 bridgehead atoms. The monoisotopic (exact) mass is 600 g/mol. The topological polar surface area (TPSA) is 118 Å². The number of morpholine rings is 1. The Balaban J connectivity index is 1.49. The van der Waals surface area contributed by atoms with Crippen LogP contribution in [0, 0.1) is 3.57 Å². The summed E-state index contributed by atoms with van der Waals surface area (Å²) in [4.78, 5) is 26.1. The Morgan fingerprint density at radius 3 is 2.41 bits per heavy atom. The number of rotatable bonds is 9. The summed E-state index contributed by atoms with van der Waals surface area (Å²) >= 11 is 2.11. The molecule has 3 rings (SSSR count). The number of nitrogens with zero attached hydrogens (tertiary/aromatic N) is 3. The molecule has 2 amide bonds. The summed E-state index contributed by atoms with van der Waals surface area (Å²) in [5.41, 5.74) is 3.42. The van der Waals surface area contributed by atoms with Gasteiger partial charge in [-0.1, -0.05) is 0 Å². The number of hydrogen-bond donors (Lipinski definition) is 1. The van der Waals surface area contributed by atoms with E-state index in [0.717, 1.165) is 14.1 Å². The molecular formula is C22H25IN4O6S. The summed E-state index contributed by atoms with van der Waals surface area (Å²) < 4.78 is 37.0. The van der Waals surface area contributed by atoms with E-state index in [9.17, 15) is 18.0 Å². The highest BCUT2D eigenvalue weighted by Crippen LogP contribution is 2.19. The van der Waals surface area contributed by atoms with Crippen LogP contribution in [0.1, 0.15) is 5.56 Å². The molecule has 0 saturated carbocycles. The highest BCUT2D eigenvalue weighted by atomic mass is 127. The maximum atomic E-state index is 12.3. The van der Waals surface area contributed by atoms with E-state index in [4.69, 9.17) is 9.47 Å². The normalized spacial score (nSPS) is 14.1. The Morgan fingerprint density at radius 1 is 1.15 bits per heavy atom. The van der Waals surface area contributed by atoms with Crippen LogP contribution in [0.5, 0.6) is 5.75 Å². The van der Waals surface area contributed by atoms with Gasteiger partial charge in [-0.25, -0.2) is 13.8 Å². The third-order valence-corrected chi connectivity index (χ3v) is 6.67. The average Bonchev–Trinajstić information content (AvgIpc) is 2.82. The zero-order valence-electron chi connectivity index (χ0n) is 18.5. The fourth-order valence-corrected chi connectivity index (χ4v) is 4.27. The smallest absolute Gasteiger partial charge is 0.260 e. The SMILES string of the molecule is CS(=O)(=O)N(CC(=O)N/N=C\c1ccc(OCC(=O)N2CCOCC2)cc1)c1ccc(I)cc1. The van der Waals surface area contributed by atoms with E-state index in [0.29, 0.717) is 43.3 Å². The van der Waals surface area contributed by atoms with Gasteiger partial charge in [-0.3, -0.25) is 13.9 Å². The molecule has 0 radical (unpaired) electrons. The molecule has 0 aromatic heterocycles. The molecule has 182 valence electrons. The third-order valence-electron chi connectivity index (χ3n) is 4.81. The number of amides is 2. The van der Waals surface area contributed by atoms with Crippen LogP contribution in [-0.4, -0.2) is 77.1 Å². The molecule has 0 aliphatic carbocycles. The first-order valence-electron chi connectivity index (χ1n) is 10.4. The molecular weight excluding hydrogens is 575 g/mol. The Labute approximate surface area is 212 Å². The predicted molar refractivity (Wildman–Crippen MR) is 136 cm³/mol. The zero-order valence-corrected chi connectivity index (χ0v) is 21.5. The molecule has 1 heterocycles. The lowest BCUT2D eigenvalue weighted by Gasteiger charge is -2.26. The van der Waals surface area contributed by atoms with Crippen molar-refractivity contribution in [3.8, 4) is 5.75 Å². The lowest BCUT2D eigenvalue weighted by atomic mass is 10.2. The Hall–Kier alpha value is -2.71. The molecule has 10 nitrogen and oxygen atoms in total. The van der Waals surface area contributed by atoms with Crippen LogP contribution in [-0.2, 0) is 24.3 Å². The average molecular weight is 600 g/mol. The van der Waals surface area contributed by atoms with Crippen LogP contribution in [0.2, 0.25) is 0 Å². The van der Waals surface area contributed by atoms with Crippen LogP contribution in [0.4, 0.5) is 5.69 Å². The van der Waals surface area contributed by atoms with Crippen molar-refractivity contribution in [2.75, 3.05) is 50.0 Å². The van der Waals surface area contributed by atoms with Gasteiger partial charge in [0.2, 0.25) is 10.0 Å². The van der Waals surface area contributed by atoms with Crippen molar-refractivity contribution in [1.29, 1.82) is 0 Å². The van der Waals surface area contributed by atoms with Gasteiger partial charge in [-0.15, -0.1) is 0 Å². The van der Waals surface area contributed by atoms with E-state index in [1.165, 1.54) is 6.21 Å². The maximum Gasteiger partial charge on any atom is 0.260 e. The maximum absolute atomic E-state index is 12.3. The largest absolute Gasteiger partial charge is 0.484 e. The molecule has 0 spiro atoms. The first-order chi connectivity index (χ1) is 16.2. The van der Waals surface area contributed by atoms with Gasteiger partial charge in [0, 0.05) is 16.7 Å². The van der Waals surface area contributed by atoms with Crippen molar-refractivity contribution in [2.24, 2.45) is 5.10 Å². The summed E-state index contributed by atoms with van der Waals surface area (Å²) in [5, 5.41) is 3.89. The summed E-state index contributed by atoms with van der Waals surface area (Å²) in [7, 11) is -3.66. The first-order valence-corrected chi connectivity index (χ1v) is 13.3. The second-order valence-electron chi connectivity index (χ2n) is 7.39. The number of carbonyl (C=O) groups is 2. The van der Waals surface area contributed by atoms with E-state index in [-0.39, 0.29) is 12.5 Å². The molecule has 12 heteroatoms. The molecule has 2 aromatic rings. The highest BCUT2D eigenvalue weighted by Gasteiger charge is 2.20. The van der Waals surface area contributed by atoms with Gasteiger partial charge in [0.1, 0.15) is 12.3 Å².